The van der Waals surface area contributed by atoms with Crippen LogP contribution in [-0.4, -0.2) is 7.05 Å². The lowest BCUT2D eigenvalue weighted by Crippen LogP contribution is -2.22. The van der Waals surface area contributed by atoms with Gasteiger partial charge >= 0.3 is 0 Å². The lowest BCUT2D eigenvalue weighted by atomic mass is 9.97. The normalized spacial score (nSPS) is 12.5. The maximum Gasteiger partial charge on any atom is 0.161 e. The molecule has 0 heterocycles. The Kier molecular flexibility index (Phi) is 4.22. The molecule has 0 amide bonds. The summed E-state index contributed by atoms with van der Waals surface area (Å²) in [5, 5.41) is 2.39. The van der Waals surface area contributed by atoms with Crippen molar-refractivity contribution in [3.63, 3.8) is 0 Å². The van der Waals surface area contributed by atoms with Crippen molar-refractivity contribution in [2.45, 2.75) is 6.04 Å². The predicted molar refractivity (Wildman–Crippen MR) is 63.5 cm³/mol. The van der Waals surface area contributed by atoms with Gasteiger partial charge in [0, 0.05) is 29.3 Å². The monoisotopic (exact) mass is 305 g/mol. The Morgan fingerprint density at radius 1 is 0.714 bits per heavy atom. The molecule has 0 aliphatic heterocycles. The third-order valence-electron chi connectivity index (χ3n) is 2.97. The predicted octanol–water partition coefficient (Wildman–Crippen LogP) is 3.83. The van der Waals surface area contributed by atoms with Crippen molar-refractivity contribution in [1.29, 1.82) is 0 Å². The van der Waals surface area contributed by atoms with E-state index in [1.165, 1.54) is 7.05 Å². The van der Waals surface area contributed by atoms with Crippen LogP contribution in [0.5, 0.6) is 0 Å². The van der Waals surface area contributed by atoms with Gasteiger partial charge in [0.05, 0.1) is 6.04 Å². The molecule has 0 radical (unpaired) electrons. The minimum Gasteiger partial charge on any atom is -0.309 e. The van der Waals surface area contributed by atoms with Gasteiger partial charge in [-0.15, -0.1) is 0 Å². The Bertz CT molecular complexity index is 662. The van der Waals surface area contributed by atoms with E-state index in [2.05, 4.69) is 5.32 Å². The molecule has 21 heavy (non-hydrogen) atoms. The van der Waals surface area contributed by atoms with Crippen LogP contribution in [-0.2, 0) is 0 Å². The zero-order valence-electron chi connectivity index (χ0n) is 10.7. The fourth-order valence-corrected chi connectivity index (χ4v) is 2.04. The van der Waals surface area contributed by atoms with Crippen molar-refractivity contribution >= 4 is 0 Å². The second-order valence-electron chi connectivity index (χ2n) is 4.29. The van der Waals surface area contributed by atoms with E-state index in [0.717, 1.165) is 0 Å². The van der Waals surface area contributed by atoms with E-state index in [0.29, 0.717) is 18.2 Å². The average Bonchev–Trinajstić information content (AvgIpc) is 2.38. The maximum absolute atomic E-state index is 13.7. The molecule has 0 saturated carbocycles. The average molecular weight is 305 g/mol. The van der Waals surface area contributed by atoms with E-state index in [1.807, 2.05) is 0 Å². The van der Waals surface area contributed by atoms with Crippen LogP contribution in [0.2, 0.25) is 0 Å². The van der Waals surface area contributed by atoms with Crippen molar-refractivity contribution in [1.82, 2.24) is 5.32 Å². The second-order valence-corrected chi connectivity index (χ2v) is 4.29. The van der Waals surface area contributed by atoms with Gasteiger partial charge in [0.1, 0.15) is 23.3 Å². The molecule has 0 aliphatic carbocycles. The van der Waals surface area contributed by atoms with Gasteiger partial charge in [-0.3, -0.25) is 0 Å². The SMILES string of the molecule is CNC(c1cc(F)c(F)cc1F)c1c(F)cc(F)cc1F. The Morgan fingerprint density at radius 2 is 1.24 bits per heavy atom. The molecule has 2 aromatic rings. The van der Waals surface area contributed by atoms with E-state index in [4.69, 9.17) is 0 Å². The molecule has 2 rings (SSSR count). The van der Waals surface area contributed by atoms with Gasteiger partial charge in [0.25, 0.3) is 0 Å². The zero-order chi connectivity index (χ0) is 15.7. The quantitative estimate of drug-likeness (QED) is 0.671. The van der Waals surface area contributed by atoms with E-state index in [1.54, 1.807) is 0 Å². The molecule has 1 N–H and O–H groups in total. The molecule has 1 unspecified atom stereocenters. The highest BCUT2D eigenvalue weighted by Gasteiger charge is 2.25. The first-order valence-corrected chi connectivity index (χ1v) is 5.81. The summed E-state index contributed by atoms with van der Waals surface area (Å²) in [4.78, 5) is 0. The van der Waals surface area contributed by atoms with Gasteiger partial charge in [-0.1, -0.05) is 0 Å². The highest BCUT2D eigenvalue weighted by molar-refractivity contribution is 5.35. The zero-order valence-corrected chi connectivity index (χ0v) is 10.7. The highest BCUT2D eigenvalue weighted by atomic mass is 19.2. The number of benzene rings is 2. The van der Waals surface area contributed by atoms with Crippen LogP contribution < -0.4 is 5.32 Å². The van der Waals surface area contributed by atoms with Gasteiger partial charge in [-0.05, 0) is 13.1 Å². The fraction of sp³-hybridized carbons (Fsp3) is 0.143. The van der Waals surface area contributed by atoms with Crippen LogP contribution in [0.25, 0.3) is 0 Å². The molecule has 0 aromatic heterocycles. The fourth-order valence-electron chi connectivity index (χ4n) is 2.04. The summed E-state index contributed by atoms with van der Waals surface area (Å²) in [7, 11) is 1.24. The van der Waals surface area contributed by atoms with E-state index in [9.17, 15) is 26.3 Å². The number of hydrogen-bond donors (Lipinski definition) is 1. The summed E-state index contributed by atoms with van der Waals surface area (Å²) < 4.78 is 80.2. The first kappa shape index (κ1) is 15.4. The Labute approximate surface area is 116 Å². The Hall–Kier alpha value is -2.02. The molecule has 0 saturated heterocycles. The molecule has 2 aromatic carbocycles. The molecule has 1 nitrogen and oxygen atoms in total. The lowest BCUT2D eigenvalue weighted by molar-refractivity contribution is 0.470. The molecule has 0 fully saturated rings. The summed E-state index contributed by atoms with van der Waals surface area (Å²) in [5.41, 5.74) is -1.19. The van der Waals surface area contributed by atoms with Crippen LogP contribution in [0, 0.1) is 34.9 Å². The Balaban J connectivity index is 2.63. The second kappa shape index (κ2) is 5.77. The van der Waals surface area contributed by atoms with Gasteiger partial charge in [-0.2, -0.15) is 0 Å². The van der Waals surface area contributed by atoms with Gasteiger partial charge in [0.15, 0.2) is 11.6 Å². The van der Waals surface area contributed by atoms with Gasteiger partial charge in [0.2, 0.25) is 0 Å². The van der Waals surface area contributed by atoms with E-state index < -0.39 is 52.1 Å². The van der Waals surface area contributed by atoms with Crippen LogP contribution in [0.4, 0.5) is 26.3 Å². The molecular weight excluding hydrogens is 296 g/mol. The highest BCUT2D eigenvalue weighted by Crippen LogP contribution is 2.30. The first-order chi connectivity index (χ1) is 9.85. The van der Waals surface area contributed by atoms with Crippen LogP contribution in [0.3, 0.4) is 0 Å². The van der Waals surface area contributed by atoms with Gasteiger partial charge < -0.3 is 5.32 Å². The summed E-state index contributed by atoms with van der Waals surface area (Å²) in [6.45, 7) is 0. The summed E-state index contributed by atoms with van der Waals surface area (Å²) in [6.07, 6.45) is 0. The first-order valence-electron chi connectivity index (χ1n) is 5.81. The lowest BCUT2D eigenvalue weighted by Gasteiger charge is -2.19. The summed E-state index contributed by atoms with van der Waals surface area (Å²) in [6, 6.07) is 0.157. The van der Waals surface area contributed by atoms with Crippen molar-refractivity contribution < 1.29 is 26.3 Å². The maximum atomic E-state index is 13.7. The molecule has 0 spiro atoms. The molecule has 7 heteroatoms. The van der Waals surface area contributed by atoms with Crippen molar-refractivity contribution in [2.24, 2.45) is 0 Å². The van der Waals surface area contributed by atoms with Crippen LogP contribution in [0.1, 0.15) is 17.2 Å². The molecule has 0 aliphatic rings. The minimum absolute atomic E-state index is 0.272. The van der Waals surface area contributed by atoms with E-state index >= 15 is 0 Å². The molecule has 1 atom stereocenters. The topological polar surface area (TPSA) is 12.0 Å². The molecule has 112 valence electrons. The number of nitrogens with one attached hydrogen (secondary N) is 1. The minimum atomic E-state index is -1.44. The third-order valence-corrected chi connectivity index (χ3v) is 2.97. The Morgan fingerprint density at radius 3 is 1.76 bits per heavy atom. The largest absolute Gasteiger partial charge is 0.309 e. The van der Waals surface area contributed by atoms with Crippen LogP contribution >= 0.6 is 0 Å². The molecular formula is C14H9F6N. The number of halogens is 6. The van der Waals surface area contributed by atoms with Crippen molar-refractivity contribution in [3.8, 4) is 0 Å². The molecule has 0 bridgehead atoms. The van der Waals surface area contributed by atoms with Gasteiger partial charge in [-0.25, -0.2) is 26.3 Å². The summed E-state index contributed by atoms with van der Waals surface area (Å²) >= 11 is 0. The third kappa shape index (κ3) is 2.87. The number of hydrogen-bond acceptors (Lipinski definition) is 1. The number of rotatable bonds is 3. The van der Waals surface area contributed by atoms with E-state index in [-0.39, 0.29) is 6.07 Å². The summed E-state index contributed by atoms with van der Waals surface area (Å²) in [5.74, 6) is -7.65. The van der Waals surface area contributed by atoms with Crippen molar-refractivity contribution in [3.05, 3.63) is 70.3 Å². The smallest absolute Gasteiger partial charge is 0.161 e. The van der Waals surface area contributed by atoms with Crippen molar-refractivity contribution in [2.75, 3.05) is 7.05 Å². The van der Waals surface area contributed by atoms with Crippen LogP contribution in [0.15, 0.2) is 24.3 Å². The standard InChI is InChI=1S/C14H9F6N/c1-21-14(7-4-9(17)10(18)5-8(7)16)13-11(19)2-6(15)3-12(13)20/h2-5,14,21H,1H3.